The lowest BCUT2D eigenvalue weighted by molar-refractivity contribution is 0.0955. The molecule has 3 aromatic carbocycles. The normalized spacial score (nSPS) is 10.8. The van der Waals surface area contributed by atoms with Gasteiger partial charge in [-0.15, -0.1) is 0 Å². The lowest BCUT2D eigenvalue weighted by Gasteiger charge is -2.15. The number of nitrogens with one attached hydrogen (secondary N) is 1. The summed E-state index contributed by atoms with van der Waals surface area (Å²) in [4.78, 5) is 12.4. The van der Waals surface area contributed by atoms with E-state index in [9.17, 15) is 4.79 Å². The second-order valence-electron chi connectivity index (χ2n) is 7.25. The molecule has 0 aliphatic carbocycles. The number of amides is 1. The molecule has 8 heteroatoms. The van der Waals surface area contributed by atoms with Crippen molar-refractivity contribution in [2.45, 2.75) is 26.9 Å². The van der Waals surface area contributed by atoms with Crippen LogP contribution < -0.4 is 19.6 Å². The summed E-state index contributed by atoms with van der Waals surface area (Å²) in [6.07, 6.45) is 2.47. The van der Waals surface area contributed by atoms with Crippen molar-refractivity contribution < 1.29 is 19.0 Å². The van der Waals surface area contributed by atoms with Crippen LogP contribution in [0.2, 0.25) is 5.02 Å². The topological polar surface area (TPSA) is 69.2 Å². The van der Waals surface area contributed by atoms with E-state index in [2.05, 4.69) is 26.5 Å². The predicted molar refractivity (Wildman–Crippen MR) is 138 cm³/mol. The molecule has 0 atom stereocenters. The molecule has 0 aliphatic heterocycles. The minimum atomic E-state index is -0.316. The van der Waals surface area contributed by atoms with Gasteiger partial charge in [0.2, 0.25) is 0 Å². The Morgan fingerprint density at radius 3 is 2.56 bits per heavy atom. The smallest absolute Gasteiger partial charge is 0.271 e. The van der Waals surface area contributed by atoms with E-state index in [1.54, 1.807) is 36.5 Å². The fourth-order valence-corrected chi connectivity index (χ4v) is 3.79. The van der Waals surface area contributed by atoms with Crippen molar-refractivity contribution in [1.29, 1.82) is 0 Å². The van der Waals surface area contributed by atoms with Gasteiger partial charge in [-0.25, -0.2) is 5.43 Å². The van der Waals surface area contributed by atoms with Gasteiger partial charge in [-0.3, -0.25) is 4.79 Å². The van der Waals surface area contributed by atoms with Gasteiger partial charge in [0.05, 0.1) is 23.9 Å². The molecule has 3 rings (SSSR count). The number of carbonyl (C=O) groups is 1. The summed E-state index contributed by atoms with van der Waals surface area (Å²) in [7, 11) is 0. The summed E-state index contributed by atoms with van der Waals surface area (Å²) >= 11 is 9.60. The molecule has 0 heterocycles. The third-order valence-corrected chi connectivity index (χ3v) is 5.40. The van der Waals surface area contributed by atoms with E-state index >= 15 is 0 Å². The summed E-state index contributed by atoms with van der Waals surface area (Å²) < 4.78 is 18.0. The van der Waals surface area contributed by atoms with Gasteiger partial charge in [0.25, 0.3) is 5.91 Å². The Balaban J connectivity index is 1.66. The van der Waals surface area contributed by atoms with Crippen LogP contribution in [0.25, 0.3) is 0 Å². The highest BCUT2D eigenvalue weighted by Gasteiger charge is 2.13. The quantitative estimate of drug-likeness (QED) is 0.217. The van der Waals surface area contributed by atoms with Crippen LogP contribution in [0.5, 0.6) is 17.2 Å². The van der Waals surface area contributed by atoms with Crippen LogP contribution in [-0.2, 0) is 6.61 Å². The molecule has 0 fully saturated rings. The van der Waals surface area contributed by atoms with E-state index < -0.39 is 0 Å². The number of hydrogen-bond donors (Lipinski definition) is 1. The average Bonchev–Trinajstić information content (AvgIpc) is 2.83. The van der Waals surface area contributed by atoms with Crippen LogP contribution in [0.15, 0.2) is 70.2 Å². The van der Waals surface area contributed by atoms with Gasteiger partial charge in [-0.1, -0.05) is 30.7 Å². The highest BCUT2D eigenvalue weighted by Crippen LogP contribution is 2.37. The predicted octanol–water partition coefficient (Wildman–Crippen LogP) is 6.63. The van der Waals surface area contributed by atoms with Crippen LogP contribution in [-0.4, -0.2) is 25.3 Å². The first kappa shape index (κ1) is 25.6. The number of halogens is 2. The van der Waals surface area contributed by atoms with E-state index in [1.807, 2.05) is 44.2 Å². The van der Waals surface area contributed by atoms with Gasteiger partial charge < -0.3 is 14.2 Å². The molecule has 34 heavy (non-hydrogen) atoms. The summed E-state index contributed by atoms with van der Waals surface area (Å²) in [5.41, 5.74) is 4.70. The number of hydrogen-bond acceptors (Lipinski definition) is 5. The van der Waals surface area contributed by atoms with E-state index in [-0.39, 0.29) is 5.91 Å². The van der Waals surface area contributed by atoms with Crippen LogP contribution >= 0.6 is 27.5 Å². The Hall–Kier alpha value is -3.03. The highest BCUT2D eigenvalue weighted by atomic mass is 79.9. The molecular formula is C26H26BrClN2O4. The van der Waals surface area contributed by atoms with Gasteiger partial charge in [-0.2, -0.15) is 5.10 Å². The zero-order valence-electron chi connectivity index (χ0n) is 19.0. The number of ether oxygens (including phenoxy) is 3. The second-order valence-corrected chi connectivity index (χ2v) is 8.54. The van der Waals surface area contributed by atoms with E-state index in [1.165, 1.54) is 0 Å². The largest absolute Gasteiger partial charge is 0.494 e. The molecule has 0 bridgehead atoms. The lowest BCUT2D eigenvalue weighted by atomic mass is 10.2. The summed E-state index contributed by atoms with van der Waals surface area (Å²) in [6.45, 7) is 5.38. The van der Waals surface area contributed by atoms with Crippen molar-refractivity contribution in [3.8, 4) is 17.2 Å². The third-order valence-electron chi connectivity index (χ3n) is 4.57. The standard InChI is InChI=1S/C26H26BrClN2O4/c1-3-12-33-22-10-8-20(9-11-22)26(31)30-29-16-19-14-23(27)25(24(15-19)32-4-2)34-17-18-6-5-7-21(28)13-18/h5-11,13-16H,3-4,12,17H2,1-2H3,(H,30,31)/b29-16-. The first-order valence-corrected chi connectivity index (χ1v) is 12.1. The first-order valence-electron chi connectivity index (χ1n) is 10.9. The molecule has 6 nitrogen and oxygen atoms in total. The zero-order valence-corrected chi connectivity index (χ0v) is 21.4. The molecule has 3 aromatic rings. The van der Waals surface area contributed by atoms with E-state index in [4.69, 9.17) is 25.8 Å². The summed E-state index contributed by atoms with van der Waals surface area (Å²) in [5, 5.41) is 4.73. The monoisotopic (exact) mass is 544 g/mol. The maximum atomic E-state index is 12.4. The van der Waals surface area contributed by atoms with Crippen LogP contribution in [0.4, 0.5) is 0 Å². The molecule has 0 unspecified atom stereocenters. The van der Waals surface area contributed by atoms with Gasteiger partial charge in [0.15, 0.2) is 11.5 Å². The minimum Gasteiger partial charge on any atom is -0.494 e. The van der Waals surface area contributed by atoms with Gasteiger partial charge in [0, 0.05) is 10.6 Å². The van der Waals surface area contributed by atoms with Crippen molar-refractivity contribution in [1.82, 2.24) is 5.43 Å². The molecule has 0 saturated carbocycles. The Labute approximate surface area is 213 Å². The fraction of sp³-hybridized carbons (Fsp3) is 0.231. The maximum absolute atomic E-state index is 12.4. The highest BCUT2D eigenvalue weighted by molar-refractivity contribution is 9.10. The molecule has 0 aromatic heterocycles. The number of carbonyl (C=O) groups excluding carboxylic acids is 1. The zero-order chi connectivity index (χ0) is 24.3. The Morgan fingerprint density at radius 2 is 1.85 bits per heavy atom. The molecule has 1 N–H and O–H groups in total. The lowest BCUT2D eigenvalue weighted by Crippen LogP contribution is -2.17. The first-order chi connectivity index (χ1) is 16.5. The van der Waals surface area contributed by atoms with Crippen molar-refractivity contribution in [2.75, 3.05) is 13.2 Å². The SMILES string of the molecule is CCCOc1ccc(C(=O)N/N=C\c2cc(Br)c(OCc3cccc(Cl)c3)c(OCC)c2)cc1. The molecule has 1 amide bonds. The van der Waals surface area contributed by atoms with Crippen LogP contribution in [0.1, 0.15) is 41.8 Å². The van der Waals surface area contributed by atoms with E-state index in [0.29, 0.717) is 46.4 Å². The minimum absolute atomic E-state index is 0.316. The van der Waals surface area contributed by atoms with Gasteiger partial charge in [0.1, 0.15) is 12.4 Å². The number of nitrogens with zero attached hydrogens (tertiary/aromatic N) is 1. The van der Waals surface area contributed by atoms with E-state index in [0.717, 1.165) is 23.3 Å². The van der Waals surface area contributed by atoms with Gasteiger partial charge in [-0.05, 0) is 88.9 Å². The fourth-order valence-electron chi connectivity index (χ4n) is 3.00. The molecular weight excluding hydrogens is 520 g/mol. The maximum Gasteiger partial charge on any atom is 0.271 e. The number of benzene rings is 3. The molecule has 0 radical (unpaired) electrons. The molecule has 178 valence electrons. The van der Waals surface area contributed by atoms with Gasteiger partial charge >= 0.3 is 0 Å². The molecule has 0 spiro atoms. The Bertz CT molecular complexity index is 1140. The second kappa shape index (κ2) is 13.0. The average molecular weight is 546 g/mol. The van der Waals surface area contributed by atoms with Crippen LogP contribution in [0.3, 0.4) is 0 Å². The number of hydrazone groups is 1. The molecule has 0 saturated heterocycles. The summed E-state index contributed by atoms with van der Waals surface area (Å²) in [6, 6.07) is 18.1. The Morgan fingerprint density at radius 1 is 1.06 bits per heavy atom. The number of rotatable bonds is 11. The third kappa shape index (κ3) is 7.50. The Kier molecular flexibility index (Phi) is 9.79. The van der Waals surface area contributed by atoms with Crippen molar-refractivity contribution in [3.05, 3.63) is 86.8 Å². The van der Waals surface area contributed by atoms with Crippen LogP contribution in [0, 0.1) is 0 Å². The summed E-state index contributed by atoms with van der Waals surface area (Å²) in [5.74, 6) is 1.56. The van der Waals surface area contributed by atoms with Crippen molar-refractivity contribution in [3.63, 3.8) is 0 Å². The molecule has 0 aliphatic rings. The van der Waals surface area contributed by atoms with Crippen molar-refractivity contribution >= 4 is 39.7 Å². The van der Waals surface area contributed by atoms with Crippen molar-refractivity contribution in [2.24, 2.45) is 5.10 Å².